The first-order valence-electron chi connectivity index (χ1n) is 7.72. The van der Waals surface area contributed by atoms with Gasteiger partial charge in [-0.15, -0.1) is 0 Å². The summed E-state index contributed by atoms with van der Waals surface area (Å²) >= 11 is 5.91. The maximum absolute atomic E-state index is 12.0. The summed E-state index contributed by atoms with van der Waals surface area (Å²) in [4.78, 5) is 12.0. The van der Waals surface area contributed by atoms with Crippen LogP contribution in [0.2, 0.25) is 5.02 Å². The van der Waals surface area contributed by atoms with Crippen LogP contribution in [0.1, 0.15) is 11.1 Å². The van der Waals surface area contributed by atoms with E-state index < -0.39 is 5.91 Å². The first-order chi connectivity index (χ1) is 12.1. The van der Waals surface area contributed by atoms with Crippen molar-refractivity contribution in [3.05, 3.63) is 76.5 Å². The number of nitriles is 1. The molecule has 0 fully saturated rings. The number of hydrogen-bond donors (Lipinski definition) is 3. The second-order valence-corrected chi connectivity index (χ2v) is 5.79. The van der Waals surface area contributed by atoms with Crippen molar-refractivity contribution >= 4 is 17.5 Å². The maximum Gasteiger partial charge on any atom is 0.263 e. The highest BCUT2D eigenvalue weighted by Crippen LogP contribution is 2.11. The molecule has 2 rings (SSSR count). The van der Waals surface area contributed by atoms with Gasteiger partial charge in [0.2, 0.25) is 0 Å². The van der Waals surface area contributed by atoms with Gasteiger partial charge in [-0.2, -0.15) is 5.26 Å². The van der Waals surface area contributed by atoms with Crippen molar-refractivity contribution in [3.8, 4) is 11.8 Å². The van der Waals surface area contributed by atoms with Gasteiger partial charge in [-0.3, -0.25) is 4.79 Å². The van der Waals surface area contributed by atoms with Gasteiger partial charge in [0.25, 0.3) is 5.91 Å². The number of phenols is 1. The van der Waals surface area contributed by atoms with Crippen LogP contribution in [0, 0.1) is 11.3 Å². The highest BCUT2D eigenvalue weighted by atomic mass is 35.5. The fourth-order valence-electron chi connectivity index (χ4n) is 2.14. The van der Waals surface area contributed by atoms with E-state index in [2.05, 4.69) is 10.6 Å². The van der Waals surface area contributed by atoms with Crippen LogP contribution >= 0.6 is 11.6 Å². The Hall–Kier alpha value is -2.97. The molecule has 5 nitrogen and oxygen atoms in total. The molecule has 0 atom stereocenters. The number of hydrogen-bond acceptors (Lipinski definition) is 4. The van der Waals surface area contributed by atoms with Crippen molar-refractivity contribution < 1.29 is 9.90 Å². The molecule has 2 aromatic carbocycles. The highest BCUT2D eigenvalue weighted by molar-refractivity contribution is 6.30. The molecule has 6 heteroatoms. The average molecular weight is 356 g/mol. The first kappa shape index (κ1) is 18.4. The molecule has 1 amide bonds. The van der Waals surface area contributed by atoms with E-state index in [1.807, 2.05) is 24.3 Å². The molecule has 0 heterocycles. The summed E-state index contributed by atoms with van der Waals surface area (Å²) in [5.74, 6) is -0.229. The van der Waals surface area contributed by atoms with Gasteiger partial charge in [-0.25, -0.2) is 0 Å². The van der Waals surface area contributed by atoms with Gasteiger partial charge < -0.3 is 15.7 Å². The van der Waals surface area contributed by atoms with Crippen molar-refractivity contribution in [1.29, 1.82) is 5.26 Å². The smallest absolute Gasteiger partial charge is 0.263 e. The van der Waals surface area contributed by atoms with Crippen molar-refractivity contribution in [1.82, 2.24) is 10.6 Å². The lowest BCUT2D eigenvalue weighted by atomic mass is 10.1. The van der Waals surface area contributed by atoms with E-state index in [1.165, 1.54) is 6.20 Å². The summed E-state index contributed by atoms with van der Waals surface area (Å²) in [6, 6.07) is 16.0. The fraction of sp³-hybridized carbons (Fsp3) is 0.158. The number of nitrogens with zero attached hydrogens (tertiary/aromatic N) is 1. The molecule has 0 saturated carbocycles. The monoisotopic (exact) mass is 355 g/mol. The lowest BCUT2D eigenvalue weighted by molar-refractivity contribution is -0.117. The molecule has 0 bridgehead atoms. The number of halogens is 1. The Bertz CT molecular complexity index is 795. The minimum atomic E-state index is -0.431. The molecule has 0 radical (unpaired) electrons. The van der Waals surface area contributed by atoms with E-state index in [0.717, 1.165) is 11.1 Å². The molecular formula is C19H18ClN3O2. The van der Waals surface area contributed by atoms with E-state index in [1.54, 1.807) is 30.3 Å². The van der Waals surface area contributed by atoms with Gasteiger partial charge in [0.15, 0.2) is 0 Å². The van der Waals surface area contributed by atoms with Gasteiger partial charge in [-0.05, 0) is 41.8 Å². The highest BCUT2D eigenvalue weighted by Gasteiger charge is 2.08. The maximum atomic E-state index is 12.0. The number of phenolic OH excluding ortho intramolecular Hbond substituents is 1. The van der Waals surface area contributed by atoms with Crippen LogP contribution in [0.3, 0.4) is 0 Å². The number of carbonyl (C=O) groups is 1. The predicted octanol–water partition coefficient (Wildman–Crippen LogP) is 2.90. The molecule has 2 aromatic rings. The third kappa shape index (κ3) is 6.21. The minimum absolute atomic E-state index is 0.00716. The van der Waals surface area contributed by atoms with Crippen LogP contribution in [0.15, 0.2) is 60.3 Å². The van der Waals surface area contributed by atoms with Gasteiger partial charge in [0, 0.05) is 24.3 Å². The Labute approximate surface area is 151 Å². The SMILES string of the molecule is N#C/C(=C/NCc1cccc(Cl)c1)C(=O)NCCc1ccc(O)cc1. The topological polar surface area (TPSA) is 85.2 Å². The minimum Gasteiger partial charge on any atom is -0.508 e. The van der Waals surface area contributed by atoms with Crippen LogP contribution in [-0.2, 0) is 17.8 Å². The normalized spacial score (nSPS) is 10.8. The third-order valence-corrected chi connectivity index (χ3v) is 3.68. The number of nitrogens with one attached hydrogen (secondary N) is 2. The van der Waals surface area contributed by atoms with E-state index in [0.29, 0.717) is 24.5 Å². The summed E-state index contributed by atoms with van der Waals surface area (Å²) in [5, 5.41) is 24.6. The zero-order valence-electron chi connectivity index (χ0n) is 13.5. The molecule has 0 saturated heterocycles. The Morgan fingerprint density at radius 3 is 2.64 bits per heavy atom. The van der Waals surface area contributed by atoms with Gasteiger partial charge in [-0.1, -0.05) is 35.9 Å². The summed E-state index contributed by atoms with van der Waals surface area (Å²) in [5.41, 5.74) is 1.95. The number of benzene rings is 2. The molecule has 25 heavy (non-hydrogen) atoms. The van der Waals surface area contributed by atoms with Crippen LogP contribution in [-0.4, -0.2) is 17.6 Å². The Kier molecular flexibility index (Phi) is 6.87. The molecule has 0 aliphatic rings. The summed E-state index contributed by atoms with van der Waals surface area (Å²) in [6.45, 7) is 0.865. The molecule has 0 aliphatic carbocycles. The Morgan fingerprint density at radius 1 is 1.20 bits per heavy atom. The lowest BCUT2D eigenvalue weighted by Crippen LogP contribution is -2.27. The molecule has 0 unspecified atom stereocenters. The van der Waals surface area contributed by atoms with Crippen molar-refractivity contribution in [2.75, 3.05) is 6.54 Å². The van der Waals surface area contributed by atoms with E-state index in [9.17, 15) is 9.90 Å². The summed E-state index contributed by atoms with van der Waals surface area (Å²) in [7, 11) is 0. The van der Waals surface area contributed by atoms with Gasteiger partial charge >= 0.3 is 0 Å². The molecule has 0 aromatic heterocycles. The number of carbonyl (C=O) groups excluding carboxylic acids is 1. The summed E-state index contributed by atoms with van der Waals surface area (Å²) < 4.78 is 0. The predicted molar refractivity (Wildman–Crippen MR) is 96.8 cm³/mol. The molecular weight excluding hydrogens is 338 g/mol. The Balaban J connectivity index is 1.81. The molecule has 128 valence electrons. The number of aromatic hydroxyl groups is 1. The molecule has 3 N–H and O–H groups in total. The van der Waals surface area contributed by atoms with Crippen LogP contribution in [0.5, 0.6) is 5.75 Å². The largest absolute Gasteiger partial charge is 0.508 e. The fourth-order valence-corrected chi connectivity index (χ4v) is 2.36. The third-order valence-electron chi connectivity index (χ3n) is 3.44. The first-order valence-corrected chi connectivity index (χ1v) is 8.10. The second-order valence-electron chi connectivity index (χ2n) is 5.35. The van der Waals surface area contributed by atoms with E-state index in [-0.39, 0.29) is 11.3 Å². The number of rotatable bonds is 7. The second kappa shape index (κ2) is 9.36. The van der Waals surface area contributed by atoms with Crippen LogP contribution in [0.4, 0.5) is 0 Å². The molecule has 0 aliphatic heterocycles. The quantitative estimate of drug-likeness (QED) is 0.526. The Morgan fingerprint density at radius 2 is 1.96 bits per heavy atom. The van der Waals surface area contributed by atoms with Crippen LogP contribution < -0.4 is 10.6 Å². The average Bonchev–Trinajstić information content (AvgIpc) is 2.60. The van der Waals surface area contributed by atoms with E-state index >= 15 is 0 Å². The zero-order chi connectivity index (χ0) is 18.1. The standard InChI is InChI=1S/C19H18ClN3O2/c20-17-3-1-2-15(10-17)12-22-13-16(11-21)19(25)23-9-8-14-4-6-18(24)7-5-14/h1-7,10,13,22,24H,8-9,12H2,(H,23,25)/b16-13-. The van der Waals surface area contributed by atoms with Crippen molar-refractivity contribution in [2.24, 2.45) is 0 Å². The summed E-state index contributed by atoms with van der Waals surface area (Å²) in [6.07, 6.45) is 2.01. The lowest BCUT2D eigenvalue weighted by Gasteiger charge is -2.06. The zero-order valence-corrected chi connectivity index (χ0v) is 14.3. The van der Waals surface area contributed by atoms with Gasteiger partial charge in [0.05, 0.1) is 0 Å². The van der Waals surface area contributed by atoms with Crippen molar-refractivity contribution in [3.63, 3.8) is 0 Å². The van der Waals surface area contributed by atoms with E-state index in [4.69, 9.17) is 16.9 Å². The van der Waals surface area contributed by atoms with Crippen LogP contribution in [0.25, 0.3) is 0 Å². The van der Waals surface area contributed by atoms with Crippen molar-refractivity contribution in [2.45, 2.75) is 13.0 Å². The number of amides is 1. The molecule has 0 spiro atoms. The van der Waals surface area contributed by atoms with Gasteiger partial charge in [0.1, 0.15) is 17.4 Å².